The summed E-state index contributed by atoms with van der Waals surface area (Å²) in [5, 5.41) is 12.1. The summed E-state index contributed by atoms with van der Waals surface area (Å²) in [7, 11) is 0. The van der Waals surface area contributed by atoms with Gasteiger partial charge in [-0.1, -0.05) is 6.42 Å². The van der Waals surface area contributed by atoms with Crippen LogP contribution >= 0.6 is 0 Å². The van der Waals surface area contributed by atoms with Crippen molar-refractivity contribution in [1.82, 2.24) is 25.1 Å². The van der Waals surface area contributed by atoms with Crippen LogP contribution in [0.15, 0.2) is 0 Å². The van der Waals surface area contributed by atoms with Crippen LogP contribution in [0.1, 0.15) is 50.9 Å². The van der Waals surface area contributed by atoms with E-state index in [0.29, 0.717) is 12.1 Å². The van der Waals surface area contributed by atoms with Gasteiger partial charge in [-0.05, 0) is 49.6 Å². The van der Waals surface area contributed by atoms with Crippen molar-refractivity contribution in [2.24, 2.45) is 5.73 Å². The Labute approximate surface area is 108 Å². The van der Waals surface area contributed by atoms with E-state index < -0.39 is 0 Å². The lowest BCUT2D eigenvalue weighted by Crippen LogP contribution is -2.48. The minimum Gasteiger partial charge on any atom is -0.327 e. The van der Waals surface area contributed by atoms with Crippen LogP contribution in [-0.2, 0) is 6.54 Å². The molecule has 0 bridgehead atoms. The molecule has 1 saturated carbocycles. The third-order valence-electron chi connectivity index (χ3n) is 4.07. The molecule has 2 atom stereocenters. The first kappa shape index (κ1) is 12.0. The quantitative estimate of drug-likeness (QED) is 0.852. The Bertz CT molecular complexity index is 397. The topological polar surface area (TPSA) is 72.9 Å². The fourth-order valence-electron chi connectivity index (χ4n) is 2.91. The van der Waals surface area contributed by atoms with Gasteiger partial charge in [-0.25, -0.2) is 4.68 Å². The molecule has 0 radical (unpaired) electrons. The van der Waals surface area contributed by atoms with E-state index in [1.54, 1.807) is 0 Å². The summed E-state index contributed by atoms with van der Waals surface area (Å²) >= 11 is 0. The highest BCUT2D eigenvalue weighted by Gasteiger charge is 2.31. The maximum absolute atomic E-state index is 6.10. The molecule has 2 unspecified atom stereocenters. The van der Waals surface area contributed by atoms with Gasteiger partial charge in [-0.2, -0.15) is 0 Å². The van der Waals surface area contributed by atoms with Crippen molar-refractivity contribution in [2.45, 2.75) is 63.7 Å². The predicted molar refractivity (Wildman–Crippen MR) is 67.8 cm³/mol. The van der Waals surface area contributed by atoms with E-state index in [1.165, 1.54) is 32.1 Å². The maximum Gasteiger partial charge on any atom is 0.165 e. The van der Waals surface area contributed by atoms with Gasteiger partial charge >= 0.3 is 0 Å². The standard InChI is InChI=1S/C12H22N6/c1-9(13)11-4-2-3-7-17(11)8-12-14-15-16-18(12)10-5-6-10/h9-11H,2-8,13H2,1H3. The van der Waals surface area contributed by atoms with Crippen LogP contribution in [0.2, 0.25) is 0 Å². The monoisotopic (exact) mass is 250 g/mol. The predicted octanol–water partition coefficient (Wildman–Crippen LogP) is 0.710. The zero-order valence-corrected chi connectivity index (χ0v) is 11.0. The van der Waals surface area contributed by atoms with E-state index >= 15 is 0 Å². The summed E-state index contributed by atoms with van der Waals surface area (Å²) < 4.78 is 2.01. The lowest BCUT2D eigenvalue weighted by molar-refractivity contribution is 0.118. The molecule has 1 aliphatic heterocycles. The molecular weight excluding hydrogens is 228 g/mol. The van der Waals surface area contributed by atoms with Gasteiger partial charge in [0.05, 0.1) is 12.6 Å². The second kappa shape index (κ2) is 4.93. The molecule has 0 spiro atoms. The SMILES string of the molecule is CC(N)C1CCCCN1Cc1nnnn1C1CC1. The van der Waals surface area contributed by atoms with Crippen LogP contribution in [0, 0.1) is 0 Å². The summed E-state index contributed by atoms with van der Waals surface area (Å²) in [6.45, 7) is 4.06. The number of aromatic nitrogens is 4. The molecule has 1 aromatic heterocycles. The van der Waals surface area contributed by atoms with Crippen LogP contribution in [0.5, 0.6) is 0 Å². The van der Waals surface area contributed by atoms with Crippen molar-refractivity contribution >= 4 is 0 Å². The Balaban J connectivity index is 1.71. The van der Waals surface area contributed by atoms with Crippen molar-refractivity contribution in [1.29, 1.82) is 0 Å². The van der Waals surface area contributed by atoms with Gasteiger partial charge in [0.2, 0.25) is 0 Å². The highest BCUT2D eigenvalue weighted by molar-refractivity contribution is 4.93. The van der Waals surface area contributed by atoms with Gasteiger partial charge in [0, 0.05) is 12.1 Å². The van der Waals surface area contributed by atoms with Gasteiger partial charge in [0.25, 0.3) is 0 Å². The molecule has 2 N–H and O–H groups in total. The van der Waals surface area contributed by atoms with Crippen LogP contribution in [-0.4, -0.2) is 43.7 Å². The lowest BCUT2D eigenvalue weighted by Gasteiger charge is -2.37. The van der Waals surface area contributed by atoms with E-state index in [-0.39, 0.29) is 6.04 Å². The third kappa shape index (κ3) is 2.40. The zero-order chi connectivity index (χ0) is 12.5. The Kier molecular flexibility index (Phi) is 3.30. The summed E-state index contributed by atoms with van der Waals surface area (Å²) in [5.74, 6) is 1.00. The molecule has 3 rings (SSSR count). The van der Waals surface area contributed by atoms with E-state index in [4.69, 9.17) is 5.73 Å². The van der Waals surface area contributed by atoms with Crippen LogP contribution < -0.4 is 5.73 Å². The molecule has 2 heterocycles. The number of nitrogens with two attached hydrogens (primary N) is 1. The molecule has 6 nitrogen and oxygen atoms in total. The first-order chi connectivity index (χ1) is 8.75. The third-order valence-corrected chi connectivity index (χ3v) is 4.07. The molecule has 0 aromatic carbocycles. The lowest BCUT2D eigenvalue weighted by atomic mass is 9.97. The number of hydrogen-bond donors (Lipinski definition) is 1. The Morgan fingerprint density at radius 3 is 2.89 bits per heavy atom. The first-order valence-electron chi connectivity index (χ1n) is 7.02. The Morgan fingerprint density at radius 2 is 2.17 bits per heavy atom. The zero-order valence-electron chi connectivity index (χ0n) is 11.0. The van der Waals surface area contributed by atoms with Crippen LogP contribution in [0.3, 0.4) is 0 Å². The number of likely N-dealkylation sites (tertiary alicyclic amines) is 1. The fraction of sp³-hybridized carbons (Fsp3) is 0.917. The minimum atomic E-state index is 0.218. The number of hydrogen-bond acceptors (Lipinski definition) is 5. The molecule has 1 saturated heterocycles. The molecule has 18 heavy (non-hydrogen) atoms. The Morgan fingerprint density at radius 1 is 1.33 bits per heavy atom. The number of tetrazole rings is 1. The number of nitrogens with zero attached hydrogens (tertiary/aromatic N) is 5. The molecule has 1 aromatic rings. The van der Waals surface area contributed by atoms with Crippen LogP contribution in [0.25, 0.3) is 0 Å². The van der Waals surface area contributed by atoms with Crippen molar-refractivity contribution in [3.8, 4) is 0 Å². The van der Waals surface area contributed by atoms with E-state index in [2.05, 4.69) is 27.3 Å². The maximum atomic E-state index is 6.10. The van der Waals surface area contributed by atoms with E-state index in [1.807, 2.05) is 4.68 Å². The highest BCUT2D eigenvalue weighted by Crippen LogP contribution is 2.34. The second-order valence-corrected chi connectivity index (χ2v) is 5.66. The Hall–Kier alpha value is -1.01. The number of piperidine rings is 1. The summed E-state index contributed by atoms with van der Waals surface area (Å²) in [5.41, 5.74) is 6.10. The number of rotatable bonds is 4. The molecule has 100 valence electrons. The van der Waals surface area contributed by atoms with Gasteiger partial charge < -0.3 is 5.73 Å². The minimum absolute atomic E-state index is 0.218. The molecule has 6 heteroatoms. The molecule has 2 aliphatic rings. The highest BCUT2D eigenvalue weighted by atomic mass is 15.6. The summed E-state index contributed by atoms with van der Waals surface area (Å²) in [6, 6.07) is 1.24. The molecule has 0 amide bonds. The first-order valence-corrected chi connectivity index (χ1v) is 7.02. The molecule has 1 aliphatic carbocycles. The van der Waals surface area contributed by atoms with E-state index in [9.17, 15) is 0 Å². The van der Waals surface area contributed by atoms with Gasteiger partial charge in [-0.3, -0.25) is 4.90 Å². The summed E-state index contributed by atoms with van der Waals surface area (Å²) in [4.78, 5) is 2.46. The average molecular weight is 250 g/mol. The van der Waals surface area contributed by atoms with Crippen molar-refractivity contribution in [2.75, 3.05) is 6.54 Å². The summed E-state index contributed by atoms with van der Waals surface area (Å²) in [6.07, 6.45) is 6.18. The smallest absolute Gasteiger partial charge is 0.165 e. The fourth-order valence-corrected chi connectivity index (χ4v) is 2.91. The normalized spacial score (nSPS) is 27.3. The molecule has 2 fully saturated rings. The van der Waals surface area contributed by atoms with Gasteiger partial charge in [0.1, 0.15) is 0 Å². The largest absolute Gasteiger partial charge is 0.327 e. The molecular formula is C12H22N6. The van der Waals surface area contributed by atoms with E-state index in [0.717, 1.165) is 18.9 Å². The van der Waals surface area contributed by atoms with Crippen molar-refractivity contribution in [3.63, 3.8) is 0 Å². The van der Waals surface area contributed by atoms with Crippen molar-refractivity contribution < 1.29 is 0 Å². The second-order valence-electron chi connectivity index (χ2n) is 5.66. The van der Waals surface area contributed by atoms with Crippen LogP contribution in [0.4, 0.5) is 0 Å². The van der Waals surface area contributed by atoms with Gasteiger partial charge in [0.15, 0.2) is 5.82 Å². The van der Waals surface area contributed by atoms with Crippen molar-refractivity contribution in [3.05, 3.63) is 5.82 Å². The van der Waals surface area contributed by atoms with Gasteiger partial charge in [-0.15, -0.1) is 5.10 Å². The average Bonchev–Trinajstić information content (AvgIpc) is 3.11.